The lowest BCUT2D eigenvalue weighted by Gasteiger charge is -2.11. The van der Waals surface area contributed by atoms with Gasteiger partial charge in [0.25, 0.3) is 0 Å². The summed E-state index contributed by atoms with van der Waals surface area (Å²) in [6.07, 6.45) is 0.990. The van der Waals surface area contributed by atoms with Gasteiger partial charge in [0.15, 0.2) is 0 Å². The van der Waals surface area contributed by atoms with E-state index < -0.39 is 0 Å². The second kappa shape index (κ2) is 5.13. The van der Waals surface area contributed by atoms with Crippen molar-refractivity contribution in [2.24, 2.45) is 0 Å². The molecule has 0 unspecified atom stereocenters. The largest absolute Gasteiger partial charge is 0.493 e. The predicted molar refractivity (Wildman–Crippen MR) is 81.5 cm³/mol. The highest BCUT2D eigenvalue weighted by molar-refractivity contribution is 9.10. The molecule has 1 aliphatic rings. The van der Waals surface area contributed by atoms with Gasteiger partial charge in [-0.15, -0.1) is 0 Å². The van der Waals surface area contributed by atoms with E-state index in [2.05, 4.69) is 33.4 Å². The van der Waals surface area contributed by atoms with Crippen molar-refractivity contribution in [1.29, 1.82) is 0 Å². The van der Waals surface area contributed by atoms with Crippen LogP contribution in [0.4, 0.5) is 11.4 Å². The van der Waals surface area contributed by atoms with Crippen LogP contribution in [-0.2, 0) is 13.0 Å². The van der Waals surface area contributed by atoms with E-state index in [9.17, 15) is 0 Å². The fraction of sp³-hybridized carbons (Fsp3) is 0.200. The van der Waals surface area contributed by atoms with Crippen molar-refractivity contribution < 1.29 is 4.74 Å². The van der Waals surface area contributed by atoms with Crippen LogP contribution in [-0.4, -0.2) is 6.61 Å². The van der Waals surface area contributed by atoms with Crippen molar-refractivity contribution >= 4 is 27.3 Å². The Hall–Kier alpha value is -1.68. The molecule has 0 amide bonds. The molecule has 3 nitrogen and oxygen atoms in total. The highest BCUT2D eigenvalue weighted by Gasteiger charge is 2.17. The average molecular weight is 319 g/mol. The van der Waals surface area contributed by atoms with Gasteiger partial charge in [0.05, 0.1) is 6.61 Å². The number of rotatable bonds is 3. The molecule has 3 rings (SSSR count). The topological polar surface area (TPSA) is 47.3 Å². The number of nitrogens with two attached hydrogens (primary N) is 1. The van der Waals surface area contributed by atoms with Crippen LogP contribution in [0.5, 0.6) is 5.75 Å². The van der Waals surface area contributed by atoms with Crippen molar-refractivity contribution in [2.45, 2.75) is 13.0 Å². The second-order valence-electron chi connectivity index (χ2n) is 4.63. The molecule has 4 heteroatoms. The van der Waals surface area contributed by atoms with Crippen molar-refractivity contribution in [2.75, 3.05) is 17.7 Å². The van der Waals surface area contributed by atoms with Crippen molar-refractivity contribution in [3.8, 4) is 5.75 Å². The second-order valence-corrected chi connectivity index (χ2v) is 5.54. The zero-order valence-electron chi connectivity index (χ0n) is 10.4. The molecule has 0 saturated heterocycles. The van der Waals surface area contributed by atoms with E-state index >= 15 is 0 Å². The van der Waals surface area contributed by atoms with Crippen LogP contribution in [0, 0.1) is 0 Å². The smallest absolute Gasteiger partial charge is 0.127 e. The van der Waals surface area contributed by atoms with Gasteiger partial charge in [0.2, 0.25) is 0 Å². The molecule has 2 aromatic rings. The van der Waals surface area contributed by atoms with Crippen LogP contribution in [0.2, 0.25) is 0 Å². The summed E-state index contributed by atoms with van der Waals surface area (Å²) >= 11 is 3.55. The van der Waals surface area contributed by atoms with Crippen LogP contribution >= 0.6 is 15.9 Å². The number of hydrogen-bond acceptors (Lipinski definition) is 3. The minimum Gasteiger partial charge on any atom is -0.493 e. The van der Waals surface area contributed by atoms with Gasteiger partial charge in [0.1, 0.15) is 5.75 Å². The maximum absolute atomic E-state index is 5.71. The summed E-state index contributed by atoms with van der Waals surface area (Å²) in [7, 11) is 0. The van der Waals surface area contributed by atoms with Gasteiger partial charge in [0, 0.05) is 34.4 Å². The number of halogens is 1. The number of ether oxygens (including phenoxy) is 1. The number of nitrogens with one attached hydrogen (secondary N) is 1. The van der Waals surface area contributed by atoms with Crippen LogP contribution < -0.4 is 15.8 Å². The lowest BCUT2D eigenvalue weighted by molar-refractivity contribution is 0.354. The number of anilines is 2. The molecule has 19 heavy (non-hydrogen) atoms. The summed E-state index contributed by atoms with van der Waals surface area (Å²) < 4.78 is 6.81. The number of benzene rings is 2. The van der Waals surface area contributed by atoms with E-state index in [-0.39, 0.29) is 0 Å². The standard InChI is InChI=1S/C15H15BrN2O/c16-12-7-10-5-6-19-15(10)11(8-12)9-18-14-3-1-13(17)2-4-14/h1-4,7-8,18H,5-6,9,17H2. The molecule has 0 aromatic heterocycles. The molecule has 0 saturated carbocycles. The monoisotopic (exact) mass is 318 g/mol. The van der Waals surface area contributed by atoms with E-state index in [0.29, 0.717) is 0 Å². The van der Waals surface area contributed by atoms with Crippen molar-refractivity contribution in [3.63, 3.8) is 0 Å². The molecular formula is C15H15BrN2O. The lowest BCUT2D eigenvalue weighted by Crippen LogP contribution is -2.01. The van der Waals surface area contributed by atoms with Gasteiger partial charge in [-0.1, -0.05) is 15.9 Å². The summed E-state index contributed by atoms with van der Waals surface area (Å²) in [4.78, 5) is 0. The van der Waals surface area contributed by atoms with Crippen LogP contribution in [0.15, 0.2) is 40.9 Å². The molecule has 2 aromatic carbocycles. The first kappa shape index (κ1) is 12.4. The summed E-state index contributed by atoms with van der Waals surface area (Å²) in [6.45, 7) is 1.52. The minimum absolute atomic E-state index is 0.742. The van der Waals surface area contributed by atoms with Crippen LogP contribution in [0.1, 0.15) is 11.1 Å². The van der Waals surface area contributed by atoms with Crippen molar-refractivity contribution in [3.05, 3.63) is 52.0 Å². The predicted octanol–water partition coefficient (Wildman–Crippen LogP) is 3.58. The zero-order chi connectivity index (χ0) is 13.2. The van der Waals surface area contributed by atoms with Gasteiger partial charge < -0.3 is 15.8 Å². The third kappa shape index (κ3) is 2.68. The Kier molecular flexibility index (Phi) is 3.34. The first-order valence-corrected chi connectivity index (χ1v) is 7.05. The maximum Gasteiger partial charge on any atom is 0.127 e. The number of hydrogen-bond donors (Lipinski definition) is 2. The van der Waals surface area contributed by atoms with Gasteiger partial charge in [-0.2, -0.15) is 0 Å². The minimum atomic E-state index is 0.742. The molecule has 0 radical (unpaired) electrons. The van der Waals surface area contributed by atoms with Crippen LogP contribution in [0.25, 0.3) is 0 Å². The highest BCUT2D eigenvalue weighted by atomic mass is 79.9. The molecule has 0 atom stereocenters. The SMILES string of the molecule is Nc1ccc(NCc2cc(Br)cc3c2OCC3)cc1. The van der Waals surface area contributed by atoms with Gasteiger partial charge in [-0.05, 0) is 42.0 Å². The lowest BCUT2D eigenvalue weighted by atomic mass is 10.1. The molecule has 1 heterocycles. The summed E-state index contributed by atoms with van der Waals surface area (Å²) in [5.74, 6) is 1.03. The molecule has 3 N–H and O–H groups in total. The van der Waals surface area contributed by atoms with Gasteiger partial charge >= 0.3 is 0 Å². The van der Waals surface area contributed by atoms with E-state index in [1.165, 1.54) is 11.1 Å². The Morgan fingerprint density at radius 1 is 1.21 bits per heavy atom. The van der Waals surface area contributed by atoms with E-state index in [1.54, 1.807) is 0 Å². The first-order valence-electron chi connectivity index (χ1n) is 6.26. The normalized spacial score (nSPS) is 12.9. The van der Waals surface area contributed by atoms with E-state index in [1.807, 2.05) is 24.3 Å². The van der Waals surface area contributed by atoms with Gasteiger partial charge in [-0.25, -0.2) is 0 Å². The molecule has 0 bridgehead atoms. The molecular weight excluding hydrogens is 304 g/mol. The summed E-state index contributed by atoms with van der Waals surface area (Å²) in [5.41, 5.74) is 9.97. The Balaban J connectivity index is 1.78. The summed E-state index contributed by atoms with van der Waals surface area (Å²) in [5, 5.41) is 3.39. The third-order valence-electron chi connectivity index (χ3n) is 3.22. The number of fused-ring (bicyclic) bond motifs is 1. The number of nitrogen functional groups attached to an aromatic ring is 1. The molecule has 0 fully saturated rings. The average Bonchev–Trinajstić information content (AvgIpc) is 2.85. The molecule has 0 spiro atoms. The fourth-order valence-corrected chi connectivity index (χ4v) is 2.83. The molecule has 1 aliphatic heterocycles. The van der Waals surface area contributed by atoms with Gasteiger partial charge in [-0.3, -0.25) is 0 Å². The zero-order valence-corrected chi connectivity index (χ0v) is 12.0. The maximum atomic E-state index is 5.71. The van der Waals surface area contributed by atoms with E-state index in [4.69, 9.17) is 10.5 Å². The third-order valence-corrected chi connectivity index (χ3v) is 3.68. The quantitative estimate of drug-likeness (QED) is 0.850. The Morgan fingerprint density at radius 2 is 2.00 bits per heavy atom. The summed E-state index contributed by atoms with van der Waals surface area (Å²) in [6, 6.07) is 12.0. The van der Waals surface area contributed by atoms with E-state index in [0.717, 1.165) is 41.2 Å². The Bertz CT molecular complexity index is 596. The molecule has 0 aliphatic carbocycles. The fourth-order valence-electron chi connectivity index (χ4n) is 2.28. The Labute approximate surface area is 120 Å². The van der Waals surface area contributed by atoms with Crippen LogP contribution in [0.3, 0.4) is 0 Å². The first-order chi connectivity index (χ1) is 9.22. The van der Waals surface area contributed by atoms with Crippen molar-refractivity contribution in [1.82, 2.24) is 0 Å². The molecule has 98 valence electrons. The Morgan fingerprint density at radius 3 is 2.79 bits per heavy atom. The highest BCUT2D eigenvalue weighted by Crippen LogP contribution is 2.33.